The lowest BCUT2D eigenvalue weighted by Crippen LogP contribution is -2.41. The van der Waals surface area contributed by atoms with E-state index >= 15 is 0 Å². The summed E-state index contributed by atoms with van der Waals surface area (Å²) in [5.74, 6) is -0.668. The lowest BCUT2D eigenvalue weighted by atomic mass is 10.3. The molecule has 7 nitrogen and oxygen atoms in total. The lowest BCUT2D eigenvalue weighted by Gasteiger charge is -2.25. The van der Waals surface area contributed by atoms with Crippen LogP contribution in [0.1, 0.15) is 30.6 Å². The highest BCUT2D eigenvalue weighted by atomic mass is 32.1. The minimum absolute atomic E-state index is 0.313. The first kappa shape index (κ1) is 16.9. The molecule has 0 bridgehead atoms. The quantitative estimate of drug-likeness (QED) is 0.809. The Hall–Kier alpha value is -1.97. The van der Waals surface area contributed by atoms with Crippen LogP contribution in [0.3, 0.4) is 0 Å². The molecule has 0 spiro atoms. The van der Waals surface area contributed by atoms with E-state index < -0.39 is 0 Å². The number of nitrogens with zero attached hydrogens (tertiary/aromatic N) is 2. The number of carbonyl (C=O) groups is 2. The van der Waals surface area contributed by atoms with Crippen LogP contribution in [-0.2, 0) is 4.74 Å². The van der Waals surface area contributed by atoms with Gasteiger partial charge in [-0.3, -0.25) is 20.4 Å². The highest BCUT2D eigenvalue weighted by Gasteiger charge is 2.21. The summed E-state index contributed by atoms with van der Waals surface area (Å²) in [4.78, 5) is 32.0. The van der Waals surface area contributed by atoms with E-state index in [1.165, 1.54) is 22.7 Å². The molecule has 2 N–H and O–H groups in total. The summed E-state index contributed by atoms with van der Waals surface area (Å²) in [6.07, 6.45) is 0. The fourth-order valence-corrected chi connectivity index (χ4v) is 4.15. The maximum absolute atomic E-state index is 12.3. The molecular weight excluding hydrogens is 348 g/mol. The summed E-state index contributed by atoms with van der Waals surface area (Å²) < 4.78 is 5.33. The Morgan fingerprint density at radius 1 is 1.17 bits per heavy atom. The molecule has 9 heteroatoms. The van der Waals surface area contributed by atoms with Crippen molar-refractivity contribution < 1.29 is 14.3 Å². The molecule has 3 rings (SSSR count). The Labute approximate surface area is 147 Å². The zero-order valence-electron chi connectivity index (χ0n) is 13.4. The number of rotatable bonds is 3. The number of hydrazine groups is 1. The van der Waals surface area contributed by atoms with Crippen LogP contribution in [0.4, 0.5) is 5.13 Å². The largest absolute Gasteiger partial charge is 0.378 e. The van der Waals surface area contributed by atoms with E-state index in [9.17, 15) is 9.59 Å². The molecule has 0 atom stereocenters. The minimum atomic E-state index is -0.355. The molecule has 0 saturated carbocycles. The third-order valence-corrected chi connectivity index (χ3v) is 5.86. The number of aryl methyl sites for hydroxylation is 2. The smallest absolute Gasteiger partial charge is 0.281 e. The van der Waals surface area contributed by atoms with E-state index in [-0.39, 0.29) is 11.8 Å². The average molecular weight is 366 g/mol. The standard InChI is InChI=1S/C15H18N4O3S2/c1-9-3-8-23-11(9)13(20)17-18-14(21)12-10(2)16-15(24-12)19-4-6-22-7-5-19/h3,8H,4-7H2,1-2H3,(H,17,20)(H,18,21). The van der Waals surface area contributed by atoms with Crippen LogP contribution in [-0.4, -0.2) is 43.1 Å². The molecular formula is C15H18N4O3S2. The van der Waals surface area contributed by atoms with Crippen LogP contribution in [0.25, 0.3) is 0 Å². The van der Waals surface area contributed by atoms with E-state index in [0.717, 1.165) is 23.8 Å². The van der Waals surface area contributed by atoms with E-state index in [1.54, 1.807) is 6.92 Å². The van der Waals surface area contributed by atoms with Crippen molar-refractivity contribution in [2.75, 3.05) is 31.2 Å². The predicted molar refractivity (Wildman–Crippen MR) is 93.9 cm³/mol. The summed E-state index contributed by atoms with van der Waals surface area (Å²) in [7, 11) is 0. The molecule has 1 saturated heterocycles. The van der Waals surface area contributed by atoms with Crippen LogP contribution in [0.5, 0.6) is 0 Å². The van der Waals surface area contributed by atoms with Gasteiger partial charge in [0.15, 0.2) is 5.13 Å². The summed E-state index contributed by atoms with van der Waals surface area (Å²) >= 11 is 2.66. The zero-order valence-corrected chi connectivity index (χ0v) is 15.1. The monoisotopic (exact) mass is 366 g/mol. The first-order valence-electron chi connectivity index (χ1n) is 7.51. The Bertz CT molecular complexity index is 750. The van der Waals surface area contributed by atoms with Crippen molar-refractivity contribution in [3.05, 3.63) is 32.5 Å². The lowest BCUT2D eigenvalue weighted by molar-refractivity contribution is 0.0850. The van der Waals surface area contributed by atoms with Crippen LogP contribution in [0.15, 0.2) is 11.4 Å². The Kier molecular flexibility index (Phi) is 5.12. The molecule has 0 aliphatic carbocycles. The number of carbonyl (C=O) groups excluding carboxylic acids is 2. The number of thiophene rings is 1. The molecule has 0 radical (unpaired) electrons. The Morgan fingerprint density at radius 2 is 1.83 bits per heavy atom. The van der Waals surface area contributed by atoms with Gasteiger partial charge in [-0.2, -0.15) is 0 Å². The van der Waals surface area contributed by atoms with Crippen LogP contribution in [0.2, 0.25) is 0 Å². The van der Waals surface area contributed by atoms with Crippen molar-refractivity contribution in [2.24, 2.45) is 0 Å². The van der Waals surface area contributed by atoms with Crippen molar-refractivity contribution >= 4 is 39.6 Å². The fourth-order valence-electron chi connectivity index (χ4n) is 2.32. The predicted octanol–water partition coefficient (Wildman–Crippen LogP) is 1.73. The summed E-state index contributed by atoms with van der Waals surface area (Å²) in [5, 5.41) is 2.65. The van der Waals surface area contributed by atoms with Gasteiger partial charge in [0.2, 0.25) is 0 Å². The molecule has 1 aliphatic rings. The zero-order chi connectivity index (χ0) is 17.1. The maximum Gasteiger partial charge on any atom is 0.281 e. The highest BCUT2D eigenvalue weighted by Crippen LogP contribution is 2.26. The Morgan fingerprint density at radius 3 is 2.46 bits per heavy atom. The number of nitrogens with one attached hydrogen (secondary N) is 2. The summed E-state index contributed by atoms with van der Waals surface area (Å²) in [6, 6.07) is 1.86. The number of amides is 2. The molecule has 0 aromatic carbocycles. The van der Waals surface area contributed by atoms with Crippen molar-refractivity contribution in [2.45, 2.75) is 13.8 Å². The Balaban J connectivity index is 1.63. The molecule has 1 aliphatic heterocycles. The number of aromatic nitrogens is 1. The third-order valence-electron chi connectivity index (χ3n) is 3.63. The average Bonchev–Trinajstić information content (AvgIpc) is 3.19. The van der Waals surface area contributed by atoms with Gasteiger partial charge in [-0.1, -0.05) is 11.3 Å². The highest BCUT2D eigenvalue weighted by molar-refractivity contribution is 7.17. The minimum Gasteiger partial charge on any atom is -0.378 e. The van der Waals surface area contributed by atoms with Gasteiger partial charge in [0.25, 0.3) is 11.8 Å². The third kappa shape index (κ3) is 3.58. The van der Waals surface area contributed by atoms with Gasteiger partial charge in [-0.25, -0.2) is 4.98 Å². The second-order valence-electron chi connectivity index (χ2n) is 5.35. The van der Waals surface area contributed by atoms with Gasteiger partial charge < -0.3 is 9.64 Å². The van der Waals surface area contributed by atoms with Crippen LogP contribution < -0.4 is 15.8 Å². The second kappa shape index (κ2) is 7.29. The molecule has 2 amide bonds. The first-order chi connectivity index (χ1) is 11.6. The van der Waals surface area contributed by atoms with Crippen molar-refractivity contribution in [3.8, 4) is 0 Å². The number of morpholine rings is 1. The van der Waals surface area contributed by atoms with Gasteiger partial charge in [-0.15, -0.1) is 11.3 Å². The fraction of sp³-hybridized carbons (Fsp3) is 0.400. The molecule has 2 aromatic rings. The molecule has 0 unspecified atom stereocenters. The van der Waals surface area contributed by atoms with Gasteiger partial charge in [0.05, 0.1) is 23.8 Å². The molecule has 2 aromatic heterocycles. The van der Waals surface area contributed by atoms with E-state index in [1.807, 2.05) is 18.4 Å². The normalized spacial score (nSPS) is 14.5. The number of anilines is 1. The van der Waals surface area contributed by atoms with E-state index in [4.69, 9.17) is 4.74 Å². The van der Waals surface area contributed by atoms with Crippen molar-refractivity contribution in [3.63, 3.8) is 0 Å². The molecule has 128 valence electrons. The summed E-state index contributed by atoms with van der Waals surface area (Å²) in [6.45, 7) is 6.51. The van der Waals surface area contributed by atoms with Crippen LogP contribution in [0, 0.1) is 13.8 Å². The van der Waals surface area contributed by atoms with Gasteiger partial charge >= 0.3 is 0 Å². The molecule has 1 fully saturated rings. The SMILES string of the molecule is Cc1ccsc1C(=O)NNC(=O)c1sc(N2CCOCC2)nc1C. The number of thiazole rings is 1. The number of ether oxygens (including phenoxy) is 1. The number of hydrogen-bond acceptors (Lipinski definition) is 7. The van der Waals surface area contributed by atoms with Crippen molar-refractivity contribution in [1.82, 2.24) is 15.8 Å². The topological polar surface area (TPSA) is 83.6 Å². The molecule has 3 heterocycles. The maximum atomic E-state index is 12.3. The second-order valence-corrected chi connectivity index (χ2v) is 7.25. The van der Waals surface area contributed by atoms with E-state index in [0.29, 0.717) is 28.7 Å². The first-order valence-corrected chi connectivity index (χ1v) is 9.21. The number of hydrogen-bond donors (Lipinski definition) is 2. The summed E-state index contributed by atoms with van der Waals surface area (Å²) in [5.41, 5.74) is 6.46. The van der Waals surface area contributed by atoms with Gasteiger partial charge in [0, 0.05) is 13.1 Å². The molecule has 24 heavy (non-hydrogen) atoms. The van der Waals surface area contributed by atoms with Gasteiger partial charge in [0.1, 0.15) is 4.88 Å². The van der Waals surface area contributed by atoms with Gasteiger partial charge in [-0.05, 0) is 30.9 Å². The van der Waals surface area contributed by atoms with Crippen LogP contribution >= 0.6 is 22.7 Å². The van der Waals surface area contributed by atoms with Crippen molar-refractivity contribution in [1.29, 1.82) is 0 Å². The van der Waals surface area contributed by atoms with E-state index in [2.05, 4.69) is 20.7 Å².